The van der Waals surface area contributed by atoms with Crippen LogP contribution in [0.5, 0.6) is 23.0 Å². The third-order valence-corrected chi connectivity index (χ3v) is 12.6. The van der Waals surface area contributed by atoms with Crippen molar-refractivity contribution in [3.05, 3.63) is 137 Å². The minimum Gasteiger partial charge on any atom is -0.459 e. The van der Waals surface area contributed by atoms with Crippen molar-refractivity contribution in [3.63, 3.8) is 0 Å². The Morgan fingerprint density at radius 2 is 1.59 bits per heavy atom. The predicted molar refractivity (Wildman–Crippen MR) is 254 cm³/mol. The molecule has 0 radical (unpaired) electrons. The van der Waals surface area contributed by atoms with Crippen molar-refractivity contribution in [2.24, 2.45) is 22.9 Å². The first-order valence-corrected chi connectivity index (χ1v) is 23.2. The number of rotatable bonds is 20. The number of nitrogens with zero attached hydrogens (tertiary/aromatic N) is 3. The highest BCUT2D eigenvalue weighted by atomic mass is 16.7. The number of benzene rings is 4. The monoisotopic (exact) mass is 901 g/mol. The SMILES string of the molecule is C=CCO[C@@]12Oc3ccc(Oc4ccc(-c5ccccc5)cc4)cc3[C@H]3[C@H](CCCCO)[C@@H](CCCCO)C=C(C(=NOC(C)(C)C)C[C@@H]1N(CCC)C(=O)Oc1ccc([N+](=O)[O-])cc1)[C@H]32. The molecule has 4 aromatic rings. The maximum absolute atomic E-state index is 14.7. The Bertz CT molecular complexity index is 2340. The van der Waals surface area contributed by atoms with Gasteiger partial charge in [0.25, 0.3) is 5.69 Å². The molecule has 0 bridgehead atoms. The van der Waals surface area contributed by atoms with Gasteiger partial charge in [-0.2, -0.15) is 0 Å². The number of fused-ring (bicyclic) bond motifs is 2. The van der Waals surface area contributed by atoms with E-state index in [2.05, 4.69) is 30.9 Å². The number of oxime groups is 1. The summed E-state index contributed by atoms with van der Waals surface area (Å²) >= 11 is 0. The average molecular weight is 902 g/mol. The molecule has 13 nitrogen and oxygen atoms in total. The molecule has 0 unspecified atom stereocenters. The number of aliphatic hydroxyl groups excluding tert-OH is 2. The Morgan fingerprint density at radius 3 is 2.24 bits per heavy atom. The van der Waals surface area contributed by atoms with E-state index in [1.165, 1.54) is 24.3 Å². The summed E-state index contributed by atoms with van der Waals surface area (Å²) in [6.45, 7) is 12.3. The topological polar surface area (TPSA) is 162 Å². The fourth-order valence-electron chi connectivity index (χ4n) is 9.80. The summed E-state index contributed by atoms with van der Waals surface area (Å²) in [5.41, 5.74) is 3.91. The number of unbranched alkanes of at least 4 members (excludes halogenated alkanes) is 2. The van der Waals surface area contributed by atoms with Crippen molar-refractivity contribution >= 4 is 17.5 Å². The highest BCUT2D eigenvalue weighted by Gasteiger charge is 2.65. The van der Waals surface area contributed by atoms with Crippen LogP contribution in [0, 0.1) is 27.9 Å². The molecular weight excluding hydrogens is 839 g/mol. The number of amides is 1. The van der Waals surface area contributed by atoms with Gasteiger partial charge in [0.1, 0.15) is 34.6 Å². The number of carbonyl (C=O) groups excluding carboxylic acids is 1. The van der Waals surface area contributed by atoms with E-state index < -0.39 is 34.4 Å². The van der Waals surface area contributed by atoms with Crippen molar-refractivity contribution in [1.82, 2.24) is 4.90 Å². The quantitative estimate of drug-likeness (QED) is 0.0378. The van der Waals surface area contributed by atoms with Crippen molar-refractivity contribution in [1.29, 1.82) is 0 Å². The summed E-state index contributed by atoms with van der Waals surface area (Å²) < 4.78 is 27.0. The fraction of sp³-hybridized carbons (Fsp3) is 0.434. The second-order valence-electron chi connectivity index (χ2n) is 18.3. The zero-order valence-corrected chi connectivity index (χ0v) is 38.5. The Morgan fingerprint density at radius 1 is 0.924 bits per heavy atom. The van der Waals surface area contributed by atoms with Gasteiger partial charge in [0.05, 0.1) is 23.2 Å². The van der Waals surface area contributed by atoms with E-state index in [9.17, 15) is 25.1 Å². The Hall–Kier alpha value is -6.02. The zero-order valence-electron chi connectivity index (χ0n) is 38.5. The van der Waals surface area contributed by atoms with Crippen molar-refractivity contribution in [2.45, 2.75) is 102 Å². The van der Waals surface area contributed by atoms with E-state index in [0.29, 0.717) is 42.2 Å². The van der Waals surface area contributed by atoms with E-state index in [4.69, 9.17) is 28.9 Å². The van der Waals surface area contributed by atoms with Crippen molar-refractivity contribution in [2.75, 3.05) is 26.4 Å². The Balaban J connectivity index is 1.40. The van der Waals surface area contributed by atoms with Gasteiger partial charge in [-0.25, -0.2) is 4.79 Å². The highest BCUT2D eigenvalue weighted by molar-refractivity contribution is 6.03. The minimum atomic E-state index is -1.50. The molecule has 2 N–H and O–H groups in total. The van der Waals surface area contributed by atoms with Gasteiger partial charge in [0, 0.05) is 49.8 Å². The van der Waals surface area contributed by atoms with E-state index >= 15 is 0 Å². The number of hydrogen-bond donors (Lipinski definition) is 2. The Labute approximate surface area is 387 Å². The maximum Gasteiger partial charge on any atom is 0.415 e. The smallest absolute Gasteiger partial charge is 0.415 e. The van der Waals surface area contributed by atoms with Gasteiger partial charge < -0.3 is 34.0 Å². The summed E-state index contributed by atoms with van der Waals surface area (Å²) in [5, 5.41) is 36.3. The molecule has 0 spiro atoms. The molecule has 13 heteroatoms. The molecule has 1 saturated carbocycles. The molecule has 1 amide bonds. The minimum absolute atomic E-state index is 0.00831. The van der Waals surface area contributed by atoms with Crippen LogP contribution in [0.4, 0.5) is 10.5 Å². The van der Waals surface area contributed by atoms with Gasteiger partial charge in [0.2, 0.25) is 5.79 Å². The normalized spacial score (nSPS) is 22.5. The van der Waals surface area contributed by atoms with Crippen LogP contribution in [-0.4, -0.2) is 75.6 Å². The lowest BCUT2D eigenvalue weighted by Crippen LogP contribution is -2.70. The number of allylic oxidation sites excluding steroid dienone is 1. The average Bonchev–Trinajstić information content (AvgIpc) is 3.31. The van der Waals surface area contributed by atoms with Crippen molar-refractivity contribution < 1.29 is 43.7 Å². The van der Waals surface area contributed by atoms with E-state index in [-0.39, 0.29) is 62.0 Å². The molecule has 1 heterocycles. The van der Waals surface area contributed by atoms with Crippen LogP contribution in [0.25, 0.3) is 11.1 Å². The summed E-state index contributed by atoms with van der Waals surface area (Å²) in [6, 6.07) is 28.7. The number of non-ortho nitro benzene ring substituents is 1. The fourth-order valence-corrected chi connectivity index (χ4v) is 9.80. The molecule has 3 aliphatic rings. The number of carbonyl (C=O) groups is 1. The van der Waals surface area contributed by atoms with Crippen LogP contribution in [0.15, 0.2) is 127 Å². The third kappa shape index (κ3) is 10.8. The van der Waals surface area contributed by atoms with Crippen LogP contribution < -0.4 is 14.2 Å². The summed E-state index contributed by atoms with van der Waals surface area (Å²) in [6.07, 6.45) is 8.48. The lowest BCUT2D eigenvalue weighted by atomic mass is 9.55. The van der Waals surface area contributed by atoms with Gasteiger partial charge in [-0.05, 0) is 124 Å². The maximum atomic E-state index is 14.7. The summed E-state index contributed by atoms with van der Waals surface area (Å²) in [7, 11) is 0. The standard InChI is InChI=1S/C53H63N3O10/c1-6-29-55(51(59)64-41-25-21-39(22-26-41)56(60)61)48-35-46(54-66-52(3,4)5)44-33-38(17-11-13-30-57)43(18-12-14-31-58)49-45-34-42(27-28-47(45)65-53(48,50(44)49)62-32-7-2)63-40-23-19-37(20-24-40)36-15-9-8-10-16-36/h7-10,15-16,19-28,33-34,38,43,48-50,57-58H,2,6,11-14,17-18,29-32,35H2,1,3-5H3/t38-,43+,48-,49+,50+,53+/m0/s1. The molecule has 0 saturated heterocycles. The first-order valence-electron chi connectivity index (χ1n) is 23.2. The molecule has 1 fully saturated rings. The second-order valence-corrected chi connectivity index (χ2v) is 18.3. The Kier molecular flexibility index (Phi) is 15.6. The van der Waals surface area contributed by atoms with Crippen LogP contribution in [0.3, 0.4) is 0 Å². The third-order valence-electron chi connectivity index (χ3n) is 12.6. The lowest BCUT2D eigenvalue weighted by Gasteiger charge is -2.60. The van der Waals surface area contributed by atoms with E-state index in [1.807, 2.05) is 82.3 Å². The lowest BCUT2D eigenvalue weighted by molar-refractivity contribution is -0.384. The van der Waals surface area contributed by atoms with E-state index in [0.717, 1.165) is 47.9 Å². The predicted octanol–water partition coefficient (Wildman–Crippen LogP) is 11.4. The first kappa shape index (κ1) is 47.9. The largest absolute Gasteiger partial charge is 0.459 e. The molecule has 2 aliphatic carbocycles. The molecule has 350 valence electrons. The molecule has 7 rings (SSSR count). The highest BCUT2D eigenvalue weighted by Crippen LogP contribution is 2.62. The molecular formula is C53H63N3O10. The molecule has 66 heavy (non-hydrogen) atoms. The number of hydrogen-bond acceptors (Lipinski definition) is 11. The van der Waals surface area contributed by atoms with Crippen LogP contribution >= 0.6 is 0 Å². The van der Waals surface area contributed by atoms with Gasteiger partial charge in [-0.1, -0.05) is 79.5 Å². The van der Waals surface area contributed by atoms with Crippen molar-refractivity contribution in [3.8, 4) is 34.1 Å². The molecule has 4 aromatic carbocycles. The number of nitro benzene ring substituents is 1. The van der Waals surface area contributed by atoms with Gasteiger partial charge in [0.15, 0.2) is 0 Å². The van der Waals surface area contributed by atoms with Crippen LogP contribution in [-0.2, 0) is 9.57 Å². The summed E-state index contributed by atoms with van der Waals surface area (Å²) in [5.74, 6) is -0.208. The molecule has 1 aliphatic heterocycles. The zero-order chi connectivity index (χ0) is 46.8. The molecule has 0 aromatic heterocycles. The van der Waals surface area contributed by atoms with Gasteiger partial charge in [-0.3, -0.25) is 15.0 Å². The van der Waals surface area contributed by atoms with E-state index in [1.54, 1.807) is 11.0 Å². The van der Waals surface area contributed by atoms with Gasteiger partial charge >= 0.3 is 6.09 Å². The number of nitro groups is 1. The van der Waals surface area contributed by atoms with Crippen LogP contribution in [0.1, 0.15) is 90.5 Å². The molecule has 6 atom stereocenters. The summed E-state index contributed by atoms with van der Waals surface area (Å²) in [4.78, 5) is 33.5. The van der Waals surface area contributed by atoms with Crippen LogP contribution in [0.2, 0.25) is 0 Å². The van der Waals surface area contributed by atoms with Gasteiger partial charge in [-0.15, -0.1) is 6.58 Å². The number of ether oxygens (including phenoxy) is 4. The number of aliphatic hydroxyl groups is 2. The first-order chi connectivity index (χ1) is 31.9. The second kappa shape index (κ2) is 21.5.